The summed E-state index contributed by atoms with van der Waals surface area (Å²) in [5.41, 5.74) is 1.83. The number of halogens is 3. The number of rotatable bonds is 3. The van der Waals surface area contributed by atoms with Gasteiger partial charge in [-0.05, 0) is 48.9 Å². The molecule has 2 unspecified atom stereocenters. The van der Waals surface area contributed by atoms with Crippen LogP contribution in [0.5, 0.6) is 0 Å². The van der Waals surface area contributed by atoms with E-state index in [0.717, 1.165) is 36.8 Å². The maximum absolute atomic E-state index is 13.3. The number of benzene rings is 2. The van der Waals surface area contributed by atoms with Gasteiger partial charge in [-0.25, -0.2) is 4.79 Å². The number of carbonyl (C=O) groups is 4. The lowest BCUT2D eigenvalue weighted by atomic mass is 9.91. The second-order valence-electron chi connectivity index (χ2n) is 8.54. The van der Waals surface area contributed by atoms with Crippen molar-refractivity contribution in [1.82, 2.24) is 10.4 Å². The molecular weight excluding hydrogens is 455 g/mol. The summed E-state index contributed by atoms with van der Waals surface area (Å²) in [6, 6.07) is 7.71. The smallest absolute Gasteiger partial charge is 0.321 e. The van der Waals surface area contributed by atoms with Gasteiger partial charge in [-0.2, -0.15) is 13.2 Å². The fraction of sp³-hybridized carbons (Fsp3) is 0.391. The minimum absolute atomic E-state index is 0.106. The number of piperidine rings is 2. The van der Waals surface area contributed by atoms with Crippen molar-refractivity contribution in [3.63, 3.8) is 0 Å². The molecule has 178 valence electrons. The van der Waals surface area contributed by atoms with E-state index in [4.69, 9.17) is 0 Å². The number of hydrogen-bond acceptors (Lipinski definition) is 6. The molecule has 3 amide bonds. The van der Waals surface area contributed by atoms with Crippen molar-refractivity contribution in [2.24, 2.45) is 0 Å². The van der Waals surface area contributed by atoms with Crippen LogP contribution in [0.1, 0.15) is 54.1 Å². The summed E-state index contributed by atoms with van der Waals surface area (Å²) in [6.07, 6.45) is -2.76. The first-order valence-electron chi connectivity index (χ1n) is 11.0. The molecule has 0 aliphatic carbocycles. The number of carbonyl (C=O) groups excluding carboxylic acids is 4. The molecule has 3 heterocycles. The lowest BCUT2D eigenvalue weighted by molar-refractivity contribution is -0.237. The van der Waals surface area contributed by atoms with Crippen LogP contribution in [-0.4, -0.2) is 47.5 Å². The topological polar surface area (TPSA) is 96.0 Å². The predicted molar refractivity (Wildman–Crippen MR) is 112 cm³/mol. The van der Waals surface area contributed by atoms with Crippen molar-refractivity contribution >= 4 is 40.2 Å². The number of imide groups is 1. The van der Waals surface area contributed by atoms with E-state index in [1.165, 1.54) is 4.90 Å². The van der Waals surface area contributed by atoms with Gasteiger partial charge in [-0.1, -0.05) is 24.6 Å². The molecule has 8 nitrogen and oxygen atoms in total. The molecule has 5 rings (SSSR count). The molecular formula is C23H20F3N3O5. The van der Waals surface area contributed by atoms with Gasteiger partial charge >= 0.3 is 12.1 Å². The molecule has 34 heavy (non-hydrogen) atoms. The summed E-state index contributed by atoms with van der Waals surface area (Å²) in [5, 5.41) is 4.82. The van der Waals surface area contributed by atoms with Crippen LogP contribution in [-0.2, 0) is 19.2 Å². The summed E-state index contributed by atoms with van der Waals surface area (Å²) in [4.78, 5) is 54.9. The van der Waals surface area contributed by atoms with E-state index in [0.29, 0.717) is 16.6 Å². The van der Waals surface area contributed by atoms with Crippen LogP contribution < -0.4 is 10.2 Å². The molecule has 0 radical (unpaired) electrons. The first-order chi connectivity index (χ1) is 16.2. The van der Waals surface area contributed by atoms with E-state index in [-0.39, 0.29) is 23.9 Å². The molecule has 0 bridgehead atoms. The Bertz CT molecular complexity index is 1220. The highest BCUT2D eigenvalue weighted by Crippen LogP contribution is 2.43. The van der Waals surface area contributed by atoms with Gasteiger partial charge in [-0.3, -0.25) is 19.3 Å². The molecule has 3 aliphatic rings. The minimum atomic E-state index is -5.39. The highest BCUT2D eigenvalue weighted by atomic mass is 19.4. The van der Waals surface area contributed by atoms with E-state index < -0.39 is 35.9 Å². The van der Waals surface area contributed by atoms with E-state index in [1.54, 1.807) is 18.2 Å². The van der Waals surface area contributed by atoms with Crippen LogP contribution >= 0.6 is 0 Å². The zero-order valence-electron chi connectivity index (χ0n) is 17.9. The maximum atomic E-state index is 13.3. The van der Waals surface area contributed by atoms with Gasteiger partial charge in [0.25, 0.3) is 17.7 Å². The molecule has 0 aromatic heterocycles. The molecule has 3 aliphatic heterocycles. The maximum Gasteiger partial charge on any atom is 0.493 e. The quantitative estimate of drug-likeness (QED) is 0.686. The van der Waals surface area contributed by atoms with Crippen LogP contribution in [0.15, 0.2) is 30.3 Å². The normalized spacial score (nSPS) is 23.1. The summed E-state index contributed by atoms with van der Waals surface area (Å²) in [5.74, 6) is -5.45. The van der Waals surface area contributed by atoms with Crippen LogP contribution in [0.2, 0.25) is 0 Å². The molecule has 0 spiro atoms. The van der Waals surface area contributed by atoms with Crippen LogP contribution in [0.4, 0.5) is 18.9 Å². The summed E-state index contributed by atoms with van der Waals surface area (Å²) in [7, 11) is 0. The standard InChI is InChI=1S/C23H20F3N3O5/c24-23(25,26)22(33)34-29-18(30)10-9-17(21(29)32)28-16-6-3-4-13-12(15-5-1-2-11-27-15)7-8-14(19(13)16)20(28)31/h3-4,6-8,15,17,27H,1-2,5,9-11H2. The van der Waals surface area contributed by atoms with Crippen molar-refractivity contribution in [3.8, 4) is 0 Å². The van der Waals surface area contributed by atoms with Crippen molar-refractivity contribution in [3.05, 3.63) is 41.5 Å². The van der Waals surface area contributed by atoms with Gasteiger partial charge in [0.05, 0.1) is 5.69 Å². The number of alkyl halides is 3. The Morgan fingerprint density at radius 1 is 1.06 bits per heavy atom. The largest absolute Gasteiger partial charge is 0.493 e. The summed E-state index contributed by atoms with van der Waals surface area (Å²) < 4.78 is 37.9. The Labute approximate surface area is 191 Å². The van der Waals surface area contributed by atoms with Crippen LogP contribution in [0.25, 0.3) is 10.8 Å². The Hall–Kier alpha value is -3.47. The Morgan fingerprint density at radius 3 is 2.56 bits per heavy atom. The van der Waals surface area contributed by atoms with Gasteiger partial charge in [0, 0.05) is 23.4 Å². The van der Waals surface area contributed by atoms with Gasteiger partial charge in [-0.15, -0.1) is 5.06 Å². The summed E-state index contributed by atoms with van der Waals surface area (Å²) >= 11 is 0. The number of amides is 3. The van der Waals surface area contributed by atoms with Gasteiger partial charge in [0.2, 0.25) is 0 Å². The number of hydrogen-bond donors (Lipinski definition) is 1. The molecule has 11 heteroatoms. The Kier molecular flexibility index (Phi) is 5.31. The van der Waals surface area contributed by atoms with E-state index in [9.17, 15) is 32.3 Å². The number of hydroxylamine groups is 2. The minimum Gasteiger partial charge on any atom is -0.321 e. The number of anilines is 1. The zero-order chi connectivity index (χ0) is 24.2. The third-order valence-electron chi connectivity index (χ3n) is 6.51. The number of nitrogens with zero attached hydrogens (tertiary/aromatic N) is 2. The van der Waals surface area contributed by atoms with Gasteiger partial charge in [0.15, 0.2) is 0 Å². The Balaban J connectivity index is 1.51. The molecule has 0 saturated carbocycles. The first-order valence-corrected chi connectivity index (χ1v) is 11.0. The zero-order valence-corrected chi connectivity index (χ0v) is 17.9. The molecule has 2 aromatic carbocycles. The molecule has 2 fully saturated rings. The lowest BCUT2D eigenvalue weighted by Gasteiger charge is -2.34. The van der Waals surface area contributed by atoms with E-state index >= 15 is 0 Å². The summed E-state index contributed by atoms with van der Waals surface area (Å²) in [6.45, 7) is 0.885. The molecule has 2 atom stereocenters. The first kappa shape index (κ1) is 22.3. The Morgan fingerprint density at radius 2 is 1.85 bits per heavy atom. The average molecular weight is 475 g/mol. The SMILES string of the molecule is O=C1CCC(N2C(=O)c3ccc(C4CCCCN4)c4cccc2c34)C(=O)N1OC(=O)C(F)(F)F. The van der Waals surface area contributed by atoms with Gasteiger partial charge in [0.1, 0.15) is 6.04 Å². The third-order valence-corrected chi connectivity index (χ3v) is 6.51. The fourth-order valence-corrected chi connectivity index (χ4v) is 4.97. The molecule has 2 saturated heterocycles. The van der Waals surface area contributed by atoms with Gasteiger partial charge < -0.3 is 10.2 Å². The molecule has 2 aromatic rings. The van der Waals surface area contributed by atoms with Crippen LogP contribution in [0, 0.1) is 0 Å². The van der Waals surface area contributed by atoms with E-state index in [1.807, 2.05) is 12.1 Å². The third kappa shape index (κ3) is 3.51. The van der Waals surface area contributed by atoms with Crippen molar-refractivity contribution in [2.75, 3.05) is 11.4 Å². The highest BCUT2D eigenvalue weighted by molar-refractivity contribution is 6.27. The van der Waals surface area contributed by atoms with Crippen molar-refractivity contribution in [2.45, 2.75) is 50.4 Å². The second kappa shape index (κ2) is 8.08. The lowest BCUT2D eigenvalue weighted by Crippen LogP contribution is -2.56. The molecule has 1 N–H and O–H groups in total. The monoisotopic (exact) mass is 475 g/mol. The average Bonchev–Trinajstić information content (AvgIpc) is 3.10. The predicted octanol–water partition coefficient (Wildman–Crippen LogP) is 3.15. The van der Waals surface area contributed by atoms with Crippen molar-refractivity contribution in [1.29, 1.82) is 0 Å². The van der Waals surface area contributed by atoms with Crippen molar-refractivity contribution < 1.29 is 37.2 Å². The fourth-order valence-electron chi connectivity index (χ4n) is 4.97. The number of nitrogens with one attached hydrogen (secondary N) is 1. The van der Waals surface area contributed by atoms with Crippen LogP contribution in [0.3, 0.4) is 0 Å². The highest BCUT2D eigenvalue weighted by Gasteiger charge is 2.49. The second-order valence-corrected chi connectivity index (χ2v) is 8.54. The van der Waals surface area contributed by atoms with E-state index in [2.05, 4.69) is 10.2 Å².